The highest BCUT2D eigenvalue weighted by Crippen LogP contribution is 2.20. The second kappa shape index (κ2) is 3.66. The Morgan fingerprint density at radius 3 is 2.50 bits per heavy atom. The van der Waals surface area contributed by atoms with Crippen molar-refractivity contribution in [1.82, 2.24) is 9.80 Å². The molecule has 0 radical (unpaired) electrons. The topological polar surface area (TPSA) is 23.6 Å². The van der Waals surface area contributed by atoms with Crippen molar-refractivity contribution in [3.05, 3.63) is 0 Å². The number of carbonyl (C=O) groups excluding carboxylic acids is 1. The molecule has 3 nitrogen and oxygen atoms in total. The number of nitrogens with zero attached hydrogens (tertiary/aromatic N) is 2. The molecule has 0 N–H and O–H groups in total. The minimum atomic E-state index is -0.0255. The van der Waals surface area contributed by atoms with Gasteiger partial charge < -0.3 is 4.90 Å². The van der Waals surface area contributed by atoms with E-state index in [2.05, 4.69) is 12.6 Å². The maximum absolute atomic E-state index is 11.4. The van der Waals surface area contributed by atoms with Crippen molar-refractivity contribution in [2.45, 2.75) is 32.3 Å². The molecule has 1 aliphatic rings. The number of likely N-dealkylation sites (N-methyl/N-ethyl adjacent to an activating group) is 1. The maximum Gasteiger partial charge on any atom is 0.238 e. The molecule has 1 aliphatic heterocycles. The zero-order chi connectivity index (χ0) is 9.30. The number of thiol groups is 1. The molecule has 0 aliphatic carbocycles. The lowest BCUT2D eigenvalue weighted by Crippen LogP contribution is -2.39. The van der Waals surface area contributed by atoms with Crippen molar-refractivity contribution >= 4 is 18.5 Å². The van der Waals surface area contributed by atoms with Crippen molar-refractivity contribution in [1.29, 1.82) is 0 Å². The molecular formula is C8H16N2OS. The Morgan fingerprint density at radius 2 is 2.25 bits per heavy atom. The quantitative estimate of drug-likeness (QED) is 0.647. The molecule has 1 fully saturated rings. The molecule has 4 heteroatoms. The van der Waals surface area contributed by atoms with E-state index in [1.54, 1.807) is 0 Å². The molecule has 0 spiro atoms. The molecule has 0 bridgehead atoms. The van der Waals surface area contributed by atoms with E-state index >= 15 is 0 Å². The molecule has 1 amide bonds. The second-order valence-electron chi connectivity index (χ2n) is 3.30. The molecule has 12 heavy (non-hydrogen) atoms. The lowest BCUT2D eigenvalue weighted by atomic mass is 10.3. The van der Waals surface area contributed by atoms with Gasteiger partial charge in [-0.1, -0.05) is 6.92 Å². The van der Waals surface area contributed by atoms with Crippen LogP contribution in [0.1, 0.15) is 20.8 Å². The summed E-state index contributed by atoms with van der Waals surface area (Å²) in [5.41, 5.74) is -0.0255. The largest absolute Gasteiger partial charge is 0.314 e. The van der Waals surface area contributed by atoms with Gasteiger partial charge in [-0.15, -0.1) is 12.6 Å². The Labute approximate surface area is 79.1 Å². The van der Waals surface area contributed by atoms with Crippen LogP contribution in [0, 0.1) is 0 Å². The standard InChI is InChI=1S/C8H16N2OS/c1-4-9-5-7(11)10(6(2)3)8(9)12/h6,8,12H,4-5H2,1-3H3. The van der Waals surface area contributed by atoms with Gasteiger partial charge in [0.2, 0.25) is 5.91 Å². The van der Waals surface area contributed by atoms with E-state index in [9.17, 15) is 4.79 Å². The first-order chi connectivity index (χ1) is 5.57. The molecule has 1 atom stereocenters. The fraction of sp³-hybridized carbons (Fsp3) is 0.875. The summed E-state index contributed by atoms with van der Waals surface area (Å²) in [6.07, 6.45) is 0. The van der Waals surface area contributed by atoms with Gasteiger partial charge in [0.15, 0.2) is 0 Å². The summed E-state index contributed by atoms with van der Waals surface area (Å²) < 4.78 is 0. The van der Waals surface area contributed by atoms with E-state index in [0.29, 0.717) is 6.54 Å². The summed E-state index contributed by atoms with van der Waals surface area (Å²) in [4.78, 5) is 15.3. The summed E-state index contributed by atoms with van der Waals surface area (Å²) in [6, 6.07) is 0.247. The Balaban J connectivity index is 2.70. The van der Waals surface area contributed by atoms with E-state index in [1.165, 1.54) is 0 Å². The van der Waals surface area contributed by atoms with E-state index in [1.807, 2.05) is 30.6 Å². The molecule has 1 rings (SSSR count). The van der Waals surface area contributed by atoms with Gasteiger partial charge in [0.1, 0.15) is 5.50 Å². The molecule has 0 aromatic heterocycles. The lowest BCUT2D eigenvalue weighted by Gasteiger charge is -2.27. The van der Waals surface area contributed by atoms with Gasteiger partial charge in [-0.25, -0.2) is 0 Å². The van der Waals surface area contributed by atoms with Gasteiger partial charge in [-0.05, 0) is 20.4 Å². The van der Waals surface area contributed by atoms with Crippen LogP contribution in [0.3, 0.4) is 0 Å². The van der Waals surface area contributed by atoms with Gasteiger partial charge in [-0.3, -0.25) is 9.69 Å². The first kappa shape index (κ1) is 9.86. The van der Waals surface area contributed by atoms with Crippen LogP contribution in [0.2, 0.25) is 0 Å². The monoisotopic (exact) mass is 188 g/mol. The lowest BCUT2D eigenvalue weighted by molar-refractivity contribution is -0.128. The van der Waals surface area contributed by atoms with Crippen LogP contribution in [0.5, 0.6) is 0 Å². The molecule has 0 aromatic carbocycles. The third kappa shape index (κ3) is 1.59. The van der Waals surface area contributed by atoms with Gasteiger partial charge >= 0.3 is 0 Å². The maximum atomic E-state index is 11.4. The summed E-state index contributed by atoms with van der Waals surface area (Å²) >= 11 is 4.39. The minimum Gasteiger partial charge on any atom is -0.314 e. The number of rotatable bonds is 2. The molecule has 1 unspecified atom stereocenters. The number of amides is 1. The highest BCUT2D eigenvalue weighted by molar-refractivity contribution is 7.80. The summed E-state index contributed by atoms with van der Waals surface area (Å²) in [5, 5.41) is 0. The highest BCUT2D eigenvalue weighted by atomic mass is 32.1. The zero-order valence-electron chi connectivity index (χ0n) is 7.82. The number of hydrogen-bond donors (Lipinski definition) is 1. The first-order valence-corrected chi connectivity index (χ1v) is 4.82. The fourth-order valence-electron chi connectivity index (χ4n) is 1.47. The van der Waals surface area contributed by atoms with Crippen molar-refractivity contribution in [3.63, 3.8) is 0 Å². The van der Waals surface area contributed by atoms with Crippen LogP contribution in [-0.2, 0) is 4.79 Å². The zero-order valence-corrected chi connectivity index (χ0v) is 8.71. The van der Waals surface area contributed by atoms with E-state index in [0.717, 1.165) is 6.54 Å². The van der Waals surface area contributed by atoms with Crippen LogP contribution < -0.4 is 0 Å². The van der Waals surface area contributed by atoms with Gasteiger partial charge in [0.25, 0.3) is 0 Å². The Kier molecular flexibility index (Phi) is 3.01. The van der Waals surface area contributed by atoms with Crippen LogP contribution in [0.4, 0.5) is 0 Å². The molecule has 0 aromatic rings. The molecule has 1 saturated heterocycles. The van der Waals surface area contributed by atoms with Crippen LogP contribution in [-0.4, -0.2) is 40.3 Å². The average molecular weight is 188 g/mol. The third-order valence-electron chi connectivity index (χ3n) is 2.16. The summed E-state index contributed by atoms with van der Waals surface area (Å²) in [5.74, 6) is 0.187. The third-order valence-corrected chi connectivity index (χ3v) is 2.74. The fourth-order valence-corrected chi connectivity index (χ4v) is 2.11. The average Bonchev–Trinajstić information content (AvgIpc) is 2.25. The molecule has 0 saturated carbocycles. The summed E-state index contributed by atoms with van der Waals surface area (Å²) in [6.45, 7) is 7.47. The van der Waals surface area contributed by atoms with E-state index in [4.69, 9.17) is 0 Å². The Hall–Kier alpha value is -0.220. The van der Waals surface area contributed by atoms with E-state index in [-0.39, 0.29) is 17.4 Å². The molecular weight excluding hydrogens is 172 g/mol. The van der Waals surface area contributed by atoms with Crippen LogP contribution in [0.15, 0.2) is 0 Å². The Bertz CT molecular complexity index is 184. The first-order valence-electron chi connectivity index (χ1n) is 4.31. The Morgan fingerprint density at radius 1 is 1.67 bits per heavy atom. The van der Waals surface area contributed by atoms with Gasteiger partial charge in [0, 0.05) is 6.04 Å². The van der Waals surface area contributed by atoms with E-state index < -0.39 is 0 Å². The number of hydrogen-bond acceptors (Lipinski definition) is 3. The smallest absolute Gasteiger partial charge is 0.238 e. The summed E-state index contributed by atoms with van der Waals surface area (Å²) in [7, 11) is 0. The van der Waals surface area contributed by atoms with Gasteiger partial charge in [-0.2, -0.15) is 0 Å². The normalized spacial score (nSPS) is 25.9. The van der Waals surface area contributed by atoms with Gasteiger partial charge in [0.05, 0.1) is 6.54 Å². The van der Waals surface area contributed by atoms with Crippen molar-refractivity contribution in [2.75, 3.05) is 13.1 Å². The predicted octanol–water partition coefficient (Wildman–Crippen LogP) is 0.772. The van der Waals surface area contributed by atoms with Crippen LogP contribution >= 0.6 is 12.6 Å². The molecule has 70 valence electrons. The SMILES string of the molecule is CCN1CC(=O)N(C(C)C)C1S. The van der Waals surface area contributed by atoms with Crippen molar-refractivity contribution in [3.8, 4) is 0 Å². The highest BCUT2D eigenvalue weighted by Gasteiger charge is 2.35. The van der Waals surface area contributed by atoms with Crippen molar-refractivity contribution < 1.29 is 4.79 Å². The number of carbonyl (C=O) groups is 1. The minimum absolute atomic E-state index is 0.0255. The second-order valence-corrected chi connectivity index (χ2v) is 3.77. The van der Waals surface area contributed by atoms with Crippen molar-refractivity contribution in [2.24, 2.45) is 0 Å². The predicted molar refractivity (Wildman–Crippen MR) is 52.0 cm³/mol. The molecule has 1 heterocycles. The van der Waals surface area contributed by atoms with Crippen LogP contribution in [0.25, 0.3) is 0 Å².